The van der Waals surface area contributed by atoms with Gasteiger partial charge in [0.05, 0.1) is 15.7 Å². The van der Waals surface area contributed by atoms with Gasteiger partial charge in [0.2, 0.25) is 5.91 Å². The van der Waals surface area contributed by atoms with Crippen LogP contribution in [0.4, 0.5) is 5.69 Å². The summed E-state index contributed by atoms with van der Waals surface area (Å²) < 4.78 is 1.10. The highest BCUT2D eigenvalue weighted by Gasteiger charge is 2.43. The molecule has 19 heavy (non-hydrogen) atoms. The molecule has 0 aliphatic carbocycles. The molecule has 3 rings (SSSR count). The van der Waals surface area contributed by atoms with E-state index in [9.17, 15) is 4.79 Å². The maximum Gasteiger partial charge on any atom is 0.237 e. The number of halogens is 1. The Balaban J connectivity index is 2.01. The number of hydrogen-bond acceptors (Lipinski definition) is 2. The Morgan fingerprint density at radius 3 is 2.63 bits per heavy atom. The first-order valence-electron chi connectivity index (χ1n) is 6.16. The fraction of sp³-hybridized carbons (Fsp3) is 0.267. The zero-order valence-corrected chi connectivity index (χ0v) is 13.2. The lowest BCUT2D eigenvalue weighted by atomic mass is 9.86. The second-order valence-corrected chi connectivity index (χ2v) is 7.79. The van der Waals surface area contributed by atoms with Gasteiger partial charge in [-0.15, -0.1) is 11.3 Å². The predicted octanol–water partition coefficient (Wildman–Crippen LogP) is 4.34. The van der Waals surface area contributed by atoms with E-state index in [0.717, 1.165) is 15.0 Å². The van der Waals surface area contributed by atoms with E-state index in [2.05, 4.69) is 28.1 Å². The summed E-state index contributed by atoms with van der Waals surface area (Å²) in [6.07, 6.45) is 0. The quantitative estimate of drug-likeness (QED) is 0.799. The van der Waals surface area contributed by atoms with Gasteiger partial charge in [0.15, 0.2) is 0 Å². The van der Waals surface area contributed by atoms with Gasteiger partial charge < -0.3 is 4.90 Å². The molecule has 2 nitrogen and oxygen atoms in total. The van der Waals surface area contributed by atoms with Crippen LogP contribution in [-0.2, 0) is 16.8 Å². The molecule has 0 fully saturated rings. The van der Waals surface area contributed by atoms with E-state index >= 15 is 0 Å². The maximum absolute atomic E-state index is 12.6. The van der Waals surface area contributed by atoms with Crippen molar-refractivity contribution < 1.29 is 4.79 Å². The lowest BCUT2D eigenvalue weighted by molar-refractivity contribution is -0.122. The summed E-state index contributed by atoms with van der Waals surface area (Å²) in [4.78, 5) is 15.7. The first kappa shape index (κ1) is 12.9. The second-order valence-electron chi connectivity index (χ2n) is 5.24. The number of para-hydroxylation sites is 1. The Morgan fingerprint density at radius 1 is 1.21 bits per heavy atom. The zero-order valence-electron chi connectivity index (χ0n) is 10.8. The molecule has 1 aliphatic heterocycles. The van der Waals surface area contributed by atoms with Gasteiger partial charge in [0, 0.05) is 10.6 Å². The number of carbonyl (C=O) groups excluding carboxylic acids is 1. The van der Waals surface area contributed by atoms with Crippen LogP contribution in [0.15, 0.2) is 40.2 Å². The van der Waals surface area contributed by atoms with Gasteiger partial charge >= 0.3 is 0 Å². The number of anilines is 1. The summed E-state index contributed by atoms with van der Waals surface area (Å²) in [5.74, 6) is 0.179. The highest BCUT2D eigenvalue weighted by atomic mass is 79.9. The summed E-state index contributed by atoms with van der Waals surface area (Å²) in [6.45, 7) is 4.65. The van der Waals surface area contributed by atoms with Crippen molar-refractivity contribution in [2.45, 2.75) is 25.8 Å². The van der Waals surface area contributed by atoms with Gasteiger partial charge in [-0.2, -0.15) is 0 Å². The topological polar surface area (TPSA) is 20.3 Å². The van der Waals surface area contributed by atoms with E-state index in [-0.39, 0.29) is 5.91 Å². The molecule has 0 bridgehead atoms. The molecule has 0 saturated heterocycles. The van der Waals surface area contributed by atoms with Gasteiger partial charge in [-0.1, -0.05) is 18.2 Å². The van der Waals surface area contributed by atoms with Gasteiger partial charge in [0.1, 0.15) is 0 Å². The van der Waals surface area contributed by atoms with E-state index in [4.69, 9.17) is 0 Å². The van der Waals surface area contributed by atoms with Crippen LogP contribution in [0.2, 0.25) is 0 Å². The van der Waals surface area contributed by atoms with Crippen LogP contribution in [0.3, 0.4) is 0 Å². The van der Waals surface area contributed by atoms with Crippen molar-refractivity contribution >= 4 is 38.9 Å². The highest BCUT2D eigenvalue weighted by Crippen LogP contribution is 2.42. The molecule has 1 aromatic carbocycles. The van der Waals surface area contributed by atoms with Gasteiger partial charge in [0.25, 0.3) is 0 Å². The number of thiophene rings is 1. The van der Waals surface area contributed by atoms with Gasteiger partial charge in [-0.05, 0) is 53.5 Å². The third-order valence-electron chi connectivity index (χ3n) is 3.59. The average molecular weight is 336 g/mol. The minimum atomic E-state index is -0.426. The molecule has 2 heterocycles. The van der Waals surface area contributed by atoms with Crippen LogP contribution < -0.4 is 4.90 Å². The lowest BCUT2D eigenvalue weighted by Crippen LogP contribution is -2.35. The van der Waals surface area contributed by atoms with Crippen molar-refractivity contribution in [1.82, 2.24) is 0 Å². The van der Waals surface area contributed by atoms with Crippen molar-refractivity contribution in [3.8, 4) is 0 Å². The normalized spacial score (nSPS) is 16.8. The number of rotatable bonds is 2. The molecular formula is C15H14BrNOS. The van der Waals surface area contributed by atoms with Crippen LogP contribution in [0.25, 0.3) is 0 Å². The van der Waals surface area contributed by atoms with Crippen molar-refractivity contribution in [1.29, 1.82) is 0 Å². The second kappa shape index (κ2) is 4.46. The third kappa shape index (κ3) is 2.03. The number of hydrogen-bond donors (Lipinski definition) is 0. The Hall–Kier alpha value is -1.13. The molecule has 1 amide bonds. The minimum Gasteiger partial charge on any atom is -0.306 e. The predicted molar refractivity (Wildman–Crippen MR) is 82.7 cm³/mol. The number of fused-ring (bicyclic) bond motifs is 1. The number of benzene rings is 1. The number of carbonyl (C=O) groups is 1. The standard InChI is InChI=1S/C15H14BrNOS/c1-15(2)11-5-3-4-6-12(11)17(14(15)18)9-10-7-8-13(16)19-10/h3-8H,9H2,1-2H3. The first-order chi connectivity index (χ1) is 9.00. The minimum absolute atomic E-state index is 0.179. The molecule has 1 aromatic heterocycles. The van der Waals surface area contributed by atoms with Crippen LogP contribution >= 0.6 is 27.3 Å². The van der Waals surface area contributed by atoms with Crippen molar-refractivity contribution in [2.75, 3.05) is 4.90 Å². The SMILES string of the molecule is CC1(C)C(=O)N(Cc2ccc(Br)s2)c2ccccc21. The van der Waals surface area contributed by atoms with Gasteiger partial charge in [-0.3, -0.25) is 4.79 Å². The van der Waals surface area contributed by atoms with Gasteiger partial charge in [-0.25, -0.2) is 0 Å². The average Bonchev–Trinajstić information content (AvgIpc) is 2.87. The summed E-state index contributed by atoms with van der Waals surface area (Å²) in [5, 5.41) is 0. The monoisotopic (exact) mass is 335 g/mol. The van der Waals surface area contributed by atoms with E-state index in [0.29, 0.717) is 6.54 Å². The Labute approximate surface area is 125 Å². The molecule has 0 unspecified atom stereocenters. The molecule has 1 aliphatic rings. The van der Waals surface area contributed by atoms with Crippen LogP contribution in [0.5, 0.6) is 0 Å². The van der Waals surface area contributed by atoms with Crippen molar-refractivity contribution in [3.05, 3.63) is 50.6 Å². The lowest BCUT2D eigenvalue weighted by Gasteiger charge is -2.19. The molecule has 0 atom stereocenters. The molecule has 98 valence electrons. The van der Waals surface area contributed by atoms with E-state index < -0.39 is 5.41 Å². The van der Waals surface area contributed by atoms with E-state index in [1.165, 1.54) is 4.88 Å². The zero-order chi connectivity index (χ0) is 13.6. The Morgan fingerprint density at radius 2 is 1.95 bits per heavy atom. The molecule has 0 N–H and O–H groups in total. The molecule has 0 saturated carbocycles. The largest absolute Gasteiger partial charge is 0.306 e. The summed E-state index contributed by atoms with van der Waals surface area (Å²) in [7, 11) is 0. The smallest absolute Gasteiger partial charge is 0.237 e. The summed E-state index contributed by atoms with van der Waals surface area (Å²) >= 11 is 5.14. The van der Waals surface area contributed by atoms with Crippen molar-refractivity contribution in [2.24, 2.45) is 0 Å². The molecule has 4 heteroatoms. The van der Waals surface area contributed by atoms with E-state index in [1.54, 1.807) is 11.3 Å². The number of nitrogens with zero attached hydrogens (tertiary/aromatic N) is 1. The molecule has 0 spiro atoms. The molecular weight excluding hydrogens is 322 g/mol. The van der Waals surface area contributed by atoms with Crippen LogP contribution in [0, 0.1) is 0 Å². The van der Waals surface area contributed by atoms with Crippen LogP contribution in [0.1, 0.15) is 24.3 Å². The summed E-state index contributed by atoms with van der Waals surface area (Å²) in [6, 6.07) is 12.2. The summed E-state index contributed by atoms with van der Waals surface area (Å²) in [5.41, 5.74) is 1.74. The number of amides is 1. The first-order valence-corrected chi connectivity index (χ1v) is 7.77. The Bertz CT molecular complexity index is 647. The molecule has 2 aromatic rings. The van der Waals surface area contributed by atoms with Crippen molar-refractivity contribution in [3.63, 3.8) is 0 Å². The fourth-order valence-electron chi connectivity index (χ4n) is 2.55. The highest BCUT2D eigenvalue weighted by molar-refractivity contribution is 9.11. The molecule has 0 radical (unpaired) electrons. The van der Waals surface area contributed by atoms with E-state index in [1.807, 2.05) is 43.0 Å². The maximum atomic E-state index is 12.6. The third-order valence-corrected chi connectivity index (χ3v) is 5.20. The fourth-order valence-corrected chi connectivity index (χ4v) is 4.02. The van der Waals surface area contributed by atoms with Crippen LogP contribution in [-0.4, -0.2) is 5.91 Å². The Kier molecular flexibility index (Phi) is 3.02.